The minimum Gasteiger partial charge on any atom is -0.357 e. The molecule has 1 atom stereocenters. The molecule has 4 aromatic carbocycles. The quantitative estimate of drug-likeness (QED) is 0.213. The number of anilines is 1. The number of halogens is 2. The van der Waals surface area contributed by atoms with Gasteiger partial charge in [0.05, 0.1) is 10.6 Å². The van der Waals surface area contributed by atoms with E-state index in [2.05, 4.69) is 21.2 Å². The highest BCUT2D eigenvalue weighted by molar-refractivity contribution is 9.10. The molecule has 0 aliphatic carbocycles. The molecule has 10 heteroatoms. The molecule has 0 unspecified atom stereocenters. The van der Waals surface area contributed by atoms with Crippen LogP contribution in [0.2, 0.25) is 5.02 Å². The second-order valence-corrected chi connectivity index (χ2v) is 12.9. The molecule has 0 aliphatic heterocycles. The number of carbonyl (C=O) groups excluding carboxylic acids is 2. The lowest BCUT2D eigenvalue weighted by molar-refractivity contribution is -0.139. The molecule has 0 radical (unpaired) electrons. The first-order valence-electron chi connectivity index (χ1n) is 13.2. The first-order valence-corrected chi connectivity index (χ1v) is 15.8. The number of nitrogens with zero attached hydrogens (tertiary/aromatic N) is 2. The number of carbonyl (C=O) groups is 2. The molecule has 0 saturated carbocycles. The van der Waals surface area contributed by atoms with Crippen LogP contribution in [0.25, 0.3) is 0 Å². The van der Waals surface area contributed by atoms with E-state index in [4.69, 9.17) is 11.6 Å². The molecular weight excluding hydrogens is 638 g/mol. The third-order valence-electron chi connectivity index (χ3n) is 6.81. The van der Waals surface area contributed by atoms with E-state index < -0.39 is 28.5 Å². The Morgan fingerprint density at radius 3 is 2.17 bits per heavy atom. The maximum atomic E-state index is 14.3. The summed E-state index contributed by atoms with van der Waals surface area (Å²) in [4.78, 5) is 29.1. The molecule has 0 aliphatic rings. The van der Waals surface area contributed by atoms with E-state index in [0.29, 0.717) is 10.6 Å². The fraction of sp³-hybridized carbons (Fsp3) is 0.188. The number of rotatable bonds is 11. The van der Waals surface area contributed by atoms with Gasteiger partial charge in [0.15, 0.2) is 0 Å². The highest BCUT2D eigenvalue weighted by atomic mass is 79.9. The Hall–Kier alpha value is -3.66. The van der Waals surface area contributed by atoms with Crippen molar-refractivity contribution in [3.8, 4) is 0 Å². The third kappa shape index (κ3) is 7.59. The number of hydrogen-bond acceptors (Lipinski definition) is 4. The zero-order valence-electron chi connectivity index (χ0n) is 23.2. The van der Waals surface area contributed by atoms with Crippen LogP contribution in [0.1, 0.15) is 16.7 Å². The lowest BCUT2D eigenvalue weighted by atomic mass is 10.0. The molecule has 4 rings (SSSR count). The van der Waals surface area contributed by atoms with Crippen LogP contribution >= 0.6 is 27.5 Å². The lowest BCUT2D eigenvalue weighted by Crippen LogP contribution is -2.53. The van der Waals surface area contributed by atoms with Crippen molar-refractivity contribution in [2.24, 2.45) is 0 Å². The number of amides is 2. The Kier molecular flexibility index (Phi) is 10.4. The average molecular weight is 669 g/mol. The Morgan fingerprint density at radius 2 is 1.52 bits per heavy atom. The second kappa shape index (κ2) is 14.0. The van der Waals surface area contributed by atoms with Crippen molar-refractivity contribution in [2.45, 2.75) is 30.8 Å². The summed E-state index contributed by atoms with van der Waals surface area (Å²) < 4.78 is 30.0. The Balaban J connectivity index is 1.81. The summed E-state index contributed by atoms with van der Waals surface area (Å²) in [5.74, 6) is -0.906. The maximum absolute atomic E-state index is 14.3. The Labute approximate surface area is 260 Å². The van der Waals surface area contributed by atoms with Gasteiger partial charge in [-0.15, -0.1) is 0 Å². The van der Waals surface area contributed by atoms with Crippen LogP contribution < -0.4 is 9.62 Å². The monoisotopic (exact) mass is 667 g/mol. The zero-order chi connectivity index (χ0) is 30.3. The summed E-state index contributed by atoms with van der Waals surface area (Å²) >= 11 is 9.78. The molecule has 42 heavy (non-hydrogen) atoms. The molecule has 7 nitrogen and oxygen atoms in total. The number of benzene rings is 4. The summed E-state index contributed by atoms with van der Waals surface area (Å²) in [6, 6.07) is 28.7. The molecule has 0 fully saturated rings. The van der Waals surface area contributed by atoms with Gasteiger partial charge in [0, 0.05) is 29.5 Å². The topological polar surface area (TPSA) is 86.8 Å². The zero-order valence-corrected chi connectivity index (χ0v) is 26.4. The van der Waals surface area contributed by atoms with Gasteiger partial charge in [0.25, 0.3) is 10.0 Å². The van der Waals surface area contributed by atoms with E-state index in [9.17, 15) is 18.0 Å². The van der Waals surface area contributed by atoms with E-state index in [1.807, 2.05) is 54.6 Å². The summed E-state index contributed by atoms with van der Waals surface area (Å²) in [5.41, 5.74) is 2.53. The lowest BCUT2D eigenvalue weighted by Gasteiger charge is -2.34. The number of likely N-dealkylation sites (N-methyl/N-ethyl adjacent to an activating group) is 1. The van der Waals surface area contributed by atoms with Crippen LogP contribution in [0.4, 0.5) is 5.69 Å². The predicted molar refractivity (Wildman–Crippen MR) is 170 cm³/mol. The van der Waals surface area contributed by atoms with Crippen LogP contribution in [-0.4, -0.2) is 44.8 Å². The number of hydrogen-bond donors (Lipinski definition) is 1. The highest BCUT2D eigenvalue weighted by Crippen LogP contribution is 2.30. The van der Waals surface area contributed by atoms with Crippen LogP contribution in [-0.2, 0) is 32.6 Å². The van der Waals surface area contributed by atoms with Crippen LogP contribution in [0.15, 0.2) is 112 Å². The van der Waals surface area contributed by atoms with Crippen LogP contribution in [0.5, 0.6) is 0 Å². The van der Waals surface area contributed by atoms with E-state index in [-0.39, 0.29) is 29.5 Å². The van der Waals surface area contributed by atoms with Crippen molar-refractivity contribution in [2.75, 3.05) is 17.9 Å². The van der Waals surface area contributed by atoms with E-state index in [0.717, 1.165) is 19.9 Å². The first kappa shape index (κ1) is 31.3. The molecule has 0 spiro atoms. The molecule has 0 saturated heterocycles. The van der Waals surface area contributed by atoms with E-state index in [1.165, 1.54) is 30.1 Å². The van der Waals surface area contributed by atoms with Gasteiger partial charge in [-0.2, -0.15) is 0 Å². The molecule has 0 aromatic heterocycles. The Bertz CT molecular complexity index is 1650. The highest BCUT2D eigenvalue weighted by Gasteiger charge is 2.34. The van der Waals surface area contributed by atoms with Gasteiger partial charge in [-0.3, -0.25) is 13.9 Å². The van der Waals surface area contributed by atoms with Crippen molar-refractivity contribution >= 4 is 55.1 Å². The van der Waals surface area contributed by atoms with Gasteiger partial charge < -0.3 is 10.2 Å². The number of aryl methyl sites for hydroxylation is 1. The van der Waals surface area contributed by atoms with Crippen LogP contribution in [0.3, 0.4) is 0 Å². The fourth-order valence-electron chi connectivity index (χ4n) is 4.64. The van der Waals surface area contributed by atoms with Gasteiger partial charge in [-0.05, 0) is 60.0 Å². The van der Waals surface area contributed by atoms with Crippen molar-refractivity contribution in [3.63, 3.8) is 0 Å². The molecule has 218 valence electrons. The molecule has 4 aromatic rings. The number of nitrogens with one attached hydrogen (secondary N) is 1. The second-order valence-electron chi connectivity index (χ2n) is 9.73. The number of sulfonamides is 1. The average Bonchev–Trinajstić information content (AvgIpc) is 2.99. The molecule has 2 amide bonds. The smallest absolute Gasteiger partial charge is 0.264 e. The standard InChI is InChI=1S/C32H31BrClN3O4S/c1-23-16-17-27(34)20-29(23)37(42(40,41)28-14-7-4-8-15-28)22-31(38)36(21-25-12-9-13-26(33)18-25)30(32(39)35-2)19-24-10-5-3-6-11-24/h3-18,20,30H,19,21-22H2,1-2H3,(H,35,39)/t30-/m0/s1. The summed E-state index contributed by atoms with van der Waals surface area (Å²) in [6.07, 6.45) is 0.238. The predicted octanol–water partition coefficient (Wildman–Crippen LogP) is 5.99. The summed E-state index contributed by atoms with van der Waals surface area (Å²) in [5, 5.41) is 3.01. The fourth-order valence-corrected chi connectivity index (χ4v) is 6.74. The molecular formula is C32H31BrClN3O4S. The molecule has 0 heterocycles. The van der Waals surface area contributed by atoms with Crippen molar-refractivity contribution in [3.05, 3.63) is 129 Å². The molecule has 1 N–H and O–H groups in total. The van der Waals surface area contributed by atoms with Gasteiger partial charge in [-0.1, -0.05) is 94.3 Å². The summed E-state index contributed by atoms with van der Waals surface area (Å²) in [7, 11) is -2.68. The van der Waals surface area contributed by atoms with Gasteiger partial charge in [-0.25, -0.2) is 8.42 Å². The normalized spacial score (nSPS) is 11.9. The van der Waals surface area contributed by atoms with Gasteiger partial charge >= 0.3 is 0 Å². The van der Waals surface area contributed by atoms with Crippen molar-refractivity contribution in [1.82, 2.24) is 10.2 Å². The van der Waals surface area contributed by atoms with Gasteiger partial charge in [0.2, 0.25) is 11.8 Å². The first-order chi connectivity index (χ1) is 20.1. The third-order valence-corrected chi connectivity index (χ3v) is 9.31. The SMILES string of the molecule is CNC(=O)[C@H](Cc1ccccc1)N(Cc1cccc(Br)c1)C(=O)CN(c1cc(Cl)ccc1C)S(=O)(=O)c1ccccc1. The maximum Gasteiger partial charge on any atom is 0.264 e. The minimum absolute atomic E-state index is 0.0304. The van der Waals surface area contributed by atoms with Crippen LogP contribution in [0, 0.1) is 6.92 Å². The molecule has 0 bridgehead atoms. The largest absolute Gasteiger partial charge is 0.357 e. The van der Waals surface area contributed by atoms with E-state index >= 15 is 0 Å². The Morgan fingerprint density at radius 1 is 0.881 bits per heavy atom. The van der Waals surface area contributed by atoms with Gasteiger partial charge in [0.1, 0.15) is 12.6 Å². The minimum atomic E-state index is -4.19. The van der Waals surface area contributed by atoms with Crippen molar-refractivity contribution < 1.29 is 18.0 Å². The summed E-state index contributed by atoms with van der Waals surface area (Å²) in [6.45, 7) is 1.29. The van der Waals surface area contributed by atoms with E-state index in [1.54, 1.807) is 37.3 Å². The van der Waals surface area contributed by atoms with Crippen molar-refractivity contribution in [1.29, 1.82) is 0 Å².